The SMILES string of the molecule is COC(=O)C(=C1C(=O)N(c2cccc(OC)c2)N=C1C)C(F)(F)F. The summed E-state index contributed by atoms with van der Waals surface area (Å²) in [7, 11) is 2.21. The van der Waals surface area contributed by atoms with Crippen molar-refractivity contribution in [2.75, 3.05) is 19.2 Å². The maximum Gasteiger partial charge on any atom is 0.424 e. The lowest BCUT2D eigenvalue weighted by Gasteiger charge is -2.15. The lowest BCUT2D eigenvalue weighted by Crippen LogP contribution is -2.29. The lowest BCUT2D eigenvalue weighted by atomic mass is 10.0. The van der Waals surface area contributed by atoms with Gasteiger partial charge in [0.1, 0.15) is 5.75 Å². The molecule has 0 unspecified atom stereocenters. The molecule has 9 heteroatoms. The molecule has 0 aromatic heterocycles. The second-order valence-electron chi connectivity index (χ2n) is 4.74. The Morgan fingerprint density at radius 1 is 1.25 bits per heavy atom. The van der Waals surface area contributed by atoms with Crippen molar-refractivity contribution in [1.82, 2.24) is 0 Å². The molecule has 0 bridgehead atoms. The molecule has 1 heterocycles. The highest BCUT2D eigenvalue weighted by molar-refractivity contribution is 6.32. The van der Waals surface area contributed by atoms with Crippen LogP contribution >= 0.6 is 0 Å². The van der Waals surface area contributed by atoms with Crippen LogP contribution < -0.4 is 9.75 Å². The van der Waals surface area contributed by atoms with Gasteiger partial charge in [-0.15, -0.1) is 0 Å². The van der Waals surface area contributed by atoms with Crippen LogP contribution in [-0.4, -0.2) is 38.0 Å². The number of esters is 1. The van der Waals surface area contributed by atoms with Crippen LogP contribution in [0.2, 0.25) is 0 Å². The minimum atomic E-state index is -5.06. The third-order valence-corrected chi connectivity index (χ3v) is 3.24. The Bertz CT molecular complexity index is 753. The van der Waals surface area contributed by atoms with Crippen molar-refractivity contribution in [3.05, 3.63) is 35.4 Å². The van der Waals surface area contributed by atoms with E-state index in [0.717, 1.165) is 12.1 Å². The molecule has 1 aliphatic heterocycles. The Hall–Kier alpha value is -2.84. The molecule has 1 amide bonds. The van der Waals surface area contributed by atoms with E-state index in [1.807, 2.05) is 0 Å². The van der Waals surface area contributed by atoms with Gasteiger partial charge in [0.2, 0.25) is 0 Å². The fourth-order valence-electron chi connectivity index (χ4n) is 2.17. The van der Waals surface area contributed by atoms with Gasteiger partial charge in [0.25, 0.3) is 5.91 Å². The predicted octanol–water partition coefficient (Wildman–Crippen LogP) is 2.45. The molecule has 2 rings (SSSR count). The minimum absolute atomic E-state index is 0.208. The van der Waals surface area contributed by atoms with Gasteiger partial charge in [-0.25, -0.2) is 4.79 Å². The summed E-state index contributed by atoms with van der Waals surface area (Å²) < 4.78 is 48.8. The fourth-order valence-corrected chi connectivity index (χ4v) is 2.17. The van der Waals surface area contributed by atoms with Gasteiger partial charge in [-0.2, -0.15) is 23.3 Å². The highest BCUT2D eigenvalue weighted by atomic mass is 19.4. The van der Waals surface area contributed by atoms with Crippen molar-refractivity contribution in [3.63, 3.8) is 0 Å². The number of halogens is 3. The van der Waals surface area contributed by atoms with Crippen molar-refractivity contribution in [1.29, 1.82) is 0 Å². The number of methoxy groups -OCH3 is 2. The molecule has 6 nitrogen and oxygen atoms in total. The number of carbonyl (C=O) groups excluding carboxylic acids is 2. The summed E-state index contributed by atoms with van der Waals surface area (Å²) in [5.41, 5.74) is -2.54. The van der Waals surface area contributed by atoms with Crippen LogP contribution in [0.4, 0.5) is 18.9 Å². The standard InChI is InChI=1S/C15H13F3N2O4/c1-8-11(12(14(22)24-3)15(16,17)18)13(21)20(19-8)9-5-4-6-10(7-9)23-2/h4-7H,1-3H3. The van der Waals surface area contributed by atoms with Crippen molar-refractivity contribution < 1.29 is 32.2 Å². The molecule has 1 aromatic rings. The van der Waals surface area contributed by atoms with E-state index >= 15 is 0 Å². The molecule has 0 atom stereocenters. The number of alkyl halides is 3. The van der Waals surface area contributed by atoms with Crippen molar-refractivity contribution in [2.45, 2.75) is 13.1 Å². The van der Waals surface area contributed by atoms with Crippen LogP contribution in [0.3, 0.4) is 0 Å². The van der Waals surface area contributed by atoms with E-state index in [0.29, 0.717) is 5.75 Å². The second-order valence-corrected chi connectivity index (χ2v) is 4.74. The van der Waals surface area contributed by atoms with E-state index in [-0.39, 0.29) is 11.4 Å². The fraction of sp³-hybridized carbons (Fsp3) is 0.267. The Morgan fingerprint density at radius 2 is 1.92 bits per heavy atom. The average Bonchev–Trinajstić information content (AvgIpc) is 2.82. The van der Waals surface area contributed by atoms with E-state index < -0.39 is 29.2 Å². The lowest BCUT2D eigenvalue weighted by molar-refractivity contribution is -0.148. The number of amides is 1. The smallest absolute Gasteiger partial charge is 0.424 e. The third-order valence-electron chi connectivity index (χ3n) is 3.24. The van der Waals surface area contributed by atoms with Gasteiger partial charge in [0, 0.05) is 6.07 Å². The predicted molar refractivity (Wildman–Crippen MR) is 78.7 cm³/mol. The Balaban J connectivity index is 2.56. The average molecular weight is 342 g/mol. The molecule has 0 N–H and O–H groups in total. The zero-order chi connectivity index (χ0) is 18.1. The number of hydrogen-bond acceptors (Lipinski definition) is 5. The van der Waals surface area contributed by atoms with Gasteiger partial charge < -0.3 is 9.47 Å². The first kappa shape index (κ1) is 17.5. The summed E-state index contributed by atoms with van der Waals surface area (Å²) in [6.07, 6.45) is -5.06. The zero-order valence-electron chi connectivity index (χ0n) is 13.0. The van der Waals surface area contributed by atoms with E-state index in [4.69, 9.17) is 4.74 Å². The topological polar surface area (TPSA) is 68.2 Å². The summed E-state index contributed by atoms with van der Waals surface area (Å²) in [4.78, 5) is 24.0. The van der Waals surface area contributed by atoms with Crippen LogP contribution in [0, 0.1) is 0 Å². The van der Waals surface area contributed by atoms with Crippen LogP contribution in [0.5, 0.6) is 5.75 Å². The number of nitrogens with zero attached hydrogens (tertiary/aromatic N) is 2. The molecular weight excluding hydrogens is 329 g/mol. The summed E-state index contributed by atoms with van der Waals surface area (Å²) in [5, 5.41) is 4.61. The number of carbonyl (C=O) groups is 2. The molecule has 0 fully saturated rings. The number of anilines is 1. The van der Waals surface area contributed by atoms with E-state index in [9.17, 15) is 22.8 Å². The van der Waals surface area contributed by atoms with Gasteiger partial charge in [0.05, 0.1) is 31.2 Å². The molecular formula is C15H13F3N2O4. The third kappa shape index (κ3) is 3.10. The monoisotopic (exact) mass is 342 g/mol. The molecule has 1 aliphatic rings. The maximum atomic E-state index is 13.2. The first-order valence-corrected chi connectivity index (χ1v) is 6.64. The number of ether oxygens (including phenoxy) is 2. The Kier molecular flexibility index (Phi) is 4.63. The van der Waals surface area contributed by atoms with Crippen LogP contribution in [-0.2, 0) is 14.3 Å². The molecule has 0 aliphatic carbocycles. The van der Waals surface area contributed by atoms with Gasteiger partial charge in [0.15, 0.2) is 5.57 Å². The number of benzene rings is 1. The minimum Gasteiger partial charge on any atom is -0.497 e. The Labute approximate surface area is 135 Å². The normalized spacial score (nSPS) is 16.8. The van der Waals surface area contributed by atoms with Gasteiger partial charge in [-0.3, -0.25) is 4.79 Å². The number of hydrazone groups is 1. The second kappa shape index (κ2) is 6.34. The van der Waals surface area contributed by atoms with Gasteiger partial charge in [-0.05, 0) is 19.1 Å². The zero-order valence-corrected chi connectivity index (χ0v) is 13.0. The Morgan fingerprint density at radius 3 is 2.46 bits per heavy atom. The quantitative estimate of drug-likeness (QED) is 0.625. The van der Waals surface area contributed by atoms with Crippen molar-refractivity contribution in [2.24, 2.45) is 5.10 Å². The van der Waals surface area contributed by atoms with E-state index in [1.54, 1.807) is 12.1 Å². The van der Waals surface area contributed by atoms with Crippen molar-refractivity contribution in [3.8, 4) is 5.75 Å². The summed E-state index contributed by atoms with van der Waals surface area (Å²) in [6.45, 7) is 1.21. The molecule has 128 valence electrons. The van der Waals surface area contributed by atoms with Gasteiger partial charge >= 0.3 is 12.1 Å². The first-order chi connectivity index (χ1) is 11.2. The highest BCUT2D eigenvalue weighted by Gasteiger charge is 2.47. The molecule has 0 saturated carbocycles. The van der Waals surface area contributed by atoms with E-state index in [1.165, 1.54) is 26.2 Å². The van der Waals surface area contributed by atoms with E-state index in [2.05, 4.69) is 9.84 Å². The summed E-state index contributed by atoms with van der Waals surface area (Å²) in [6, 6.07) is 6.07. The van der Waals surface area contributed by atoms with Crippen LogP contribution in [0.25, 0.3) is 0 Å². The molecule has 0 radical (unpaired) electrons. The van der Waals surface area contributed by atoms with Crippen molar-refractivity contribution >= 4 is 23.3 Å². The summed E-state index contributed by atoms with van der Waals surface area (Å²) >= 11 is 0. The van der Waals surface area contributed by atoms with Gasteiger partial charge in [-0.1, -0.05) is 6.07 Å². The molecule has 0 saturated heterocycles. The van der Waals surface area contributed by atoms with Crippen LogP contribution in [0.15, 0.2) is 40.5 Å². The molecule has 0 spiro atoms. The summed E-state index contributed by atoms with van der Waals surface area (Å²) in [5.74, 6) is -2.32. The maximum absolute atomic E-state index is 13.2. The number of rotatable bonds is 3. The number of hydrogen-bond donors (Lipinski definition) is 0. The highest BCUT2D eigenvalue weighted by Crippen LogP contribution is 2.34. The molecule has 24 heavy (non-hydrogen) atoms. The first-order valence-electron chi connectivity index (χ1n) is 6.64. The molecule has 1 aromatic carbocycles. The largest absolute Gasteiger partial charge is 0.497 e. The van der Waals surface area contributed by atoms with Crippen LogP contribution in [0.1, 0.15) is 6.92 Å².